The third-order valence-electron chi connectivity index (χ3n) is 4.18. The van der Waals surface area contributed by atoms with Gasteiger partial charge in [0.25, 0.3) is 0 Å². The number of nitrogens with zero attached hydrogens (tertiary/aromatic N) is 4. The monoisotopic (exact) mass is 312 g/mol. The lowest BCUT2D eigenvalue weighted by atomic mass is 10.0. The predicted molar refractivity (Wildman–Crippen MR) is 85.4 cm³/mol. The van der Waals surface area contributed by atoms with E-state index in [0.29, 0.717) is 19.6 Å². The van der Waals surface area contributed by atoms with Crippen molar-refractivity contribution in [3.8, 4) is 0 Å². The minimum Gasteiger partial charge on any atom is -0.337 e. The summed E-state index contributed by atoms with van der Waals surface area (Å²) < 4.78 is 1.62. The number of benzene rings is 1. The smallest absolute Gasteiger partial charge is 0.244 e. The summed E-state index contributed by atoms with van der Waals surface area (Å²) in [5, 5.41) is 4.08. The van der Waals surface area contributed by atoms with E-state index in [-0.39, 0.29) is 24.4 Å². The third-order valence-corrected chi connectivity index (χ3v) is 4.18. The van der Waals surface area contributed by atoms with Gasteiger partial charge in [-0.05, 0) is 11.6 Å². The van der Waals surface area contributed by atoms with Crippen LogP contribution in [0.5, 0.6) is 0 Å². The molecule has 120 valence electrons. The molecule has 1 fully saturated rings. The number of hydrogen-bond donors (Lipinski definition) is 0. The highest BCUT2D eigenvalue weighted by molar-refractivity contribution is 5.77. The summed E-state index contributed by atoms with van der Waals surface area (Å²) in [4.78, 5) is 28.1. The molecule has 0 bridgehead atoms. The maximum Gasteiger partial charge on any atom is 0.244 e. The first-order chi connectivity index (χ1) is 11.1. The molecular weight excluding hydrogens is 292 g/mol. The van der Waals surface area contributed by atoms with Crippen molar-refractivity contribution >= 4 is 11.8 Å². The van der Waals surface area contributed by atoms with E-state index in [1.165, 1.54) is 0 Å². The lowest BCUT2D eigenvalue weighted by molar-refractivity contribution is -0.142. The third kappa shape index (κ3) is 3.41. The highest BCUT2D eigenvalue weighted by Crippen LogP contribution is 2.25. The fourth-order valence-electron chi connectivity index (χ4n) is 2.98. The van der Waals surface area contributed by atoms with Crippen molar-refractivity contribution in [2.45, 2.75) is 19.5 Å². The quantitative estimate of drug-likeness (QED) is 0.859. The second kappa shape index (κ2) is 6.64. The average Bonchev–Trinajstić information content (AvgIpc) is 3.08. The first kappa shape index (κ1) is 15.3. The van der Waals surface area contributed by atoms with Gasteiger partial charge in [0.05, 0.1) is 6.04 Å². The molecular formula is C17H20N4O2. The molecule has 0 unspecified atom stereocenters. The molecule has 2 aromatic rings. The normalized spacial score (nSPS) is 18.0. The Morgan fingerprint density at radius 2 is 1.96 bits per heavy atom. The first-order valence-electron chi connectivity index (χ1n) is 7.72. The van der Waals surface area contributed by atoms with Crippen molar-refractivity contribution in [1.82, 2.24) is 19.6 Å². The molecule has 2 amide bonds. The molecule has 0 spiro atoms. The maximum atomic E-state index is 12.5. The second-order valence-corrected chi connectivity index (χ2v) is 5.68. The summed E-state index contributed by atoms with van der Waals surface area (Å²) in [6.45, 7) is 3.44. The number of rotatable bonds is 3. The van der Waals surface area contributed by atoms with Crippen LogP contribution in [0.3, 0.4) is 0 Å². The van der Waals surface area contributed by atoms with Crippen LogP contribution in [-0.4, -0.2) is 51.0 Å². The molecule has 3 rings (SSSR count). The standard InChI is InChI=1S/C17H20N4O2/c1-14(22)21-11-10-19(17(23)13-20-9-5-8-18-20)12-16(21)15-6-3-2-4-7-15/h2-9,16H,10-13H2,1H3/t16-/m1/s1. The summed E-state index contributed by atoms with van der Waals surface area (Å²) in [7, 11) is 0. The largest absolute Gasteiger partial charge is 0.337 e. The molecule has 6 nitrogen and oxygen atoms in total. The SMILES string of the molecule is CC(=O)N1CCN(C(=O)Cn2cccn2)C[C@@H]1c1ccccc1. The van der Waals surface area contributed by atoms with E-state index >= 15 is 0 Å². The topological polar surface area (TPSA) is 58.4 Å². The summed E-state index contributed by atoms with van der Waals surface area (Å²) >= 11 is 0. The van der Waals surface area contributed by atoms with E-state index < -0.39 is 0 Å². The van der Waals surface area contributed by atoms with Crippen LogP contribution in [0.1, 0.15) is 18.5 Å². The van der Waals surface area contributed by atoms with Crippen molar-refractivity contribution in [2.75, 3.05) is 19.6 Å². The van der Waals surface area contributed by atoms with Crippen molar-refractivity contribution in [2.24, 2.45) is 0 Å². The minimum atomic E-state index is -0.0935. The van der Waals surface area contributed by atoms with Crippen molar-refractivity contribution in [1.29, 1.82) is 0 Å². The van der Waals surface area contributed by atoms with Gasteiger partial charge in [-0.25, -0.2) is 0 Å². The Hall–Kier alpha value is -2.63. The molecule has 1 aliphatic rings. The molecule has 0 aliphatic carbocycles. The maximum absolute atomic E-state index is 12.5. The zero-order valence-corrected chi connectivity index (χ0v) is 13.1. The Kier molecular flexibility index (Phi) is 4.41. The zero-order chi connectivity index (χ0) is 16.2. The van der Waals surface area contributed by atoms with E-state index in [9.17, 15) is 9.59 Å². The number of carbonyl (C=O) groups is 2. The van der Waals surface area contributed by atoms with Gasteiger partial charge in [-0.15, -0.1) is 0 Å². The van der Waals surface area contributed by atoms with Crippen LogP contribution < -0.4 is 0 Å². The van der Waals surface area contributed by atoms with Gasteiger partial charge in [0.1, 0.15) is 6.54 Å². The zero-order valence-electron chi connectivity index (χ0n) is 13.1. The van der Waals surface area contributed by atoms with Crippen molar-refractivity contribution < 1.29 is 9.59 Å². The Morgan fingerprint density at radius 3 is 2.61 bits per heavy atom. The van der Waals surface area contributed by atoms with Gasteiger partial charge in [-0.3, -0.25) is 14.3 Å². The highest BCUT2D eigenvalue weighted by atomic mass is 16.2. The number of amides is 2. The van der Waals surface area contributed by atoms with E-state index in [2.05, 4.69) is 5.10 Å². The van der Waals surface area contributed by atoms with Crippen LogP contribution in [-0.2, 0) is 16.1 Å². The van der Waals surface area contributed by atoms with Gasteiger partial charge in [-0.1, -0.05) is 30.3 Å². The Morgan fingerprint density at radius 1 is 1.17 bits per heavy atom. The average molecular weight is 312 g/mol. The van der Waals surface area contributed by atoms with Gasteiger partial charge in [0.15, 0.2) is 0 Å². The van der Waals surface area contributed by atoms with E-state index in [1.807, 2.05) is 40.1 Å². The fraction of sp³-hybridized carbons (Fsp3) is 0.353. The number of piperazine rings is 1. The molecule has 1 saturated heterocycles. The molecule has 6 heteroatoms. The van der Waals surface area contributed by atoms with Crippen LogP contribution in [0.2, 0.25) is 0 Å². The minimum absolute atomic E-state index is 0.0258. The number of carbonyl (C=O) groups excluding carboxylic acids is 2. The fourth-order valence-corrected chi connectivity index (χ4v) is 2.98. The lowest BCUT2D eigenvalue weighted by Crippen LogP contribution is -2.52. The van der Waals surface area contributed by atoms with Crippen molar-refractivity contribution in [3.05, 3.63) is 54.4 Å². The Labute approximate surface area is 135 Å². The summed E-state index contributed by atoms with van der Waals surface area (Å²) in [6, 6.07) is 11.6. The van der Waals surface area contributed by atoms with Gasteiger partial charge >= 0.3 is 0 Å². The van der Waals surface area contributed by atoms with Crippen molar-refractivity contribution in [3.63, 3.8) is 0 Å². The summed E-state index contributed by atoms with van der Waals surface area (Å²) in [6.07, 6.45) is 3.44. The highest BCUT2D eigenvalue weighted by Gasteiger charge is 2.31. The lowest BCUT2D eigenvalue weighted by Gasteiger charge is -2.41. The summed E-state index contributed by atoms with van der Waals surface area (Å²) in [5.41, 5.74) is 1.05. The van der Waals surface area contributed by atoms with E-state index in [0.717, 1.165) is 5.56 Å². The molecule has 1 aromatic carbocycles. The first-order valence-corrected chi connectivity index (χ1v) is 7.72. The molecule has 1 aliphatic heterocycles. The van der Waals surface area contributed by atoms with Crippen LogP contribution in [0.25, 0.3) is 0 Å². The molecule has 1 aromatic heterocycles. The number of hydrogen-bond acceptors (Lipinski definition) is 3. The molecule has 0 saturated carbocycles. The van der Waals surface area contributed by atoms with Gasteiger partial charge in [0, 0.05) is 39.0 Å². The second-order valence-electron chi connectivity index (χ2n) is 5.68. The van der Waals surface area contributed by atoms with Crippen LogP contribution in [0.15, 0.2) is 48.8 Å². The number of aromatic nitrogens is 2. The molecule has 23 heavy (non-hydrogen) atoms. The summed E-state index contributed by atoms with van der Waals surface area (Å²) in [5.74, 6) is 0.0656. The Bertz CT molecular complexity index is 669. The molecule has 1 atom stereocenters. The van der Waals surface area contributed by atoms with Gasteiger partial charge in [0.2, 0.25) is 11.8 Å². The van der Waals surface area contributed by atoms with Crippen LogP contribution in [0.4, 0.5) is 0 Å². The van der Waals surface area contributed by atoms with E-state index in [4.69, 9.17) is 0 Å². The van der Waals surface area contributed by atoms with Crippen LogP contribution in [0, 0.1) is 0 Å². The predicted octanol–water partition coefficient (Wildman–Crippen LogP) is 1.32. The molecule has 2 heterocycles. The molecule has 0 N–H and O–H groups in total. The van der Waals surface area contributed by atoms with Gasteiger partial charge in [-0.2, -0.15) is 5.10 Å². The Balaban J connectivity index is 1.75. The van der Waals surface area contributed by atoms with Gasteiger partial charge < -0.3 is 9.80 Å². The molecule has 0 radical (unpaired) electrons. The van der Waals surface area contributed by atoms with E-state index in [1.54, 1.807) is 30.1 Å². The van der Waals surface area contributed by atoms with Crippen LogP contribution >= 0.6 is 0 Å².